The van der Waals surface area contributed by atoms with Crippen molar-refractivity contribution in [1.29, 1.82) is 0 Å². The molecule has 23 heavy (non-hydrogen) atoms. The molecule has 0 bridgehead atoms. The smallest absolute Gasteiger partial charge is 0.229 e. The van der Waals surface area contributed by atoms with Crippen molar-refractivity contribution in [2.75, 3.05) is 6.61 Å². The first-order valence-electron chi connectivity index (χ1n) is 7.16. The lowest BCUT2D eigenvalue weighted by molar-refractivity contribution is -0.277. The first kappa shape index (κ1) is 16.6. The van der Waals surface area contributed by atoms with Crippen molar-refractivity contribution in [3.8, 4) is 5.75 Å². The van der Waals surface area contributed by atoms with Gasteiger partial charge in [-0.2, -0.15) is 0 Å². The molecule has 124 valence electrons. The molecule has 5 atom stereocenters. The summed E-state index contributed by atoms with van der Waals surface area (Å²) in [5.41, 5.74) is 0. The average Bonchev–Trinajstić information content (AvgIpc) is 2.55. The van der Waals surface area contributed by atoms with Crippen molar-refractivity contribution in [3.05, 3.63) is 40.9 Å². The van der Waals surface area contributed by atoms with E-state index >= 15 is 0 Å². The molecule has 0 radical (unpaired) electrons. The van der Waals surface area contributed by atoms with Gasteiger partial charge in [-0.15, -0.1) is 0 Å². The van der Waals surface area contributed by atoms with E-state index in [-0.39, 0.29) is 0 Å². The van der Waals surface area contributed by atoms with Gasteiger partial charge < -0.3 is 29.9 Å². The molecule has 7 heteroatoms. The number of rotatable bonds is 3. The maximum Gasteiger partial charge on any atom is 0.229 e. The van der Waals surface area contributed by atoms with E-state index in [0.717, 1.165) is 15.2 Å². The summed E-state index contributed by atoms with van der Waals surface area (Å²) in [7, 11) is 0. The minimum Gasteiger partial charge on any atom is -0.462 e. The number of hydrogen-bond acceptors (Lipinski definition) is 6. The minimum absolute atomic E-state index is 0.448. The van der Waals surface area contributed by atoms with E-state index in [1.807, 2.05) is 24.3 Å². The number of halogens is 1. The molecule has 2 aromatic rings. The van der Waals surface area contributed by atoms with Crippen LogP contribution < -0.4 is 4.74 Å². The van der Waals surface area contributed by atoms with E-state index < -0.39 is 37.3 Å². The lowest BCUT2D eigenvalue weighted by Crippen LogP contribution is -2.60. The van der Waals surface area contributed by atoms with Crippen LogP contribution in [-0.2, 0) is 4.74 Å². The molecule has 1 fully saturated rings. The Morgan fingerprint density at radius 2 is 1.65 bits per heavy atom. The topological polar surface area (TPSA) is 99.4 Å². The Labute approximate surface area is 141 Å². The fraction of sp³-hybridized carbons (Fsp3) is 0.375. The molecule has 2 aromatic carbocycles. The highest BCUT2D eigenvalue weighted by atomic mass is 79.9. The number of fused-ring (bicyclic) bond motifs is 1. The lowest BCUT2D eigenvalue weighted by atomic mass is 9.99. The van der Waals surface area contributed by atoms with Crippen LogP contribution in [0.15, 0.2) is 40.9 Å². The van der Waals surface area contributed by atoms with E-state index in [2.05, 4.69) is 15.9 Å². The van der Waals surface area contributed by atoms with Crippen LogP contribution in [0.25, 0.3) is 10.8 Å². The van der Waals surface area contributed by atoms with Crippen LogP contribution in [0, 0.1) is 0 Å². The van der Waals surface area contributed by atoms with Crippen molar-refractivity contribution >= 4 is 26.7 Å². The molecule has 6 nitrogen and oxygen atoms in total. The van der Waals surface area contributed by atoms with Gasteiger partial charge in [0, 0.05) is 4.47 Å². The van der Waals surface area contributed by atoms with E-state index in [4.69, 9.17) is 9.47 Å². The highest BCUT2D eigenvalue weighted by Crippen LogP contribution is 2.28. The maximum atomic E-state index is 9.98. The molecule has 0 unspecified atom stereocenters. The lowest BCUT2D eigenvalue weighted by Gasteiger charge is -2.39. The van der Waals surface area contributed by atoms with Crippen LogP contribution in [0.5, 0.6) is 5.75 Å². The number of aliphatic hydroxyl groups excluding tert-OH is 4. The second-order valence-corrected chi connectivity index (χ2v) is 6.38. The summed E-state index contributed by atoms with van der Waals surface area (Å²) < 4.78 is 11.9. The van der Waals surface area contributed by atoms with Gasteiger partial charge in [0.25, 0.3) is 0 Å². The molecular formula is C16H17BrO6. The summed E-state index contributed by atoms with van der Waals surface area (Å²) >= 11 is 3.41. The molecular weight excluding hydrogens is 368 g/mol. The highest BCUT2D eigenvalue weighted by molar-refractivity contribution is 9.10. The van der Waals surface area contributed by atoms with E-state index in [1.54, 1.807) is 12.1 Å². The van der Waals surface area contributed by atoms with Crippen molar-refractivity contribution in [2.24, 2.45) is 0 Å². The SMILES string of the molecule is OC[C@H]1O[C@@H](Oc2ccc3cc(Br)ccc3c2)[C@H](O)[C@@H](O)[C@@H]1O. The predicted octanol–water partition coefficient (Wildman–Crippen LogP) is 0.781. The molecule has 1 saturated heterocycles. The predicted molar refractivity (Wildman–Crippen MR) is 86.0 cm³/mol. The van der Waals surface area contributed by atoms with Crippen molar-refractivity contribution in [1.82, 2.24) is 0 Å². The average molecular weight is 385 g/mol. The number of benzene rings is 2. The second-order valence-electron chi connectivity index (χ2n) is 5.47. The number of hydrogen-bond donors (Lipinski definition) is 4. The van der Waals surface area contributed by atoms with Gasteiger partial charge >= 0.3 is 0 Å². The highest BCUT2D eigenvalue weighted by Gasteiger charge is 2.44. The van der Waals surface area contributed by atoms with Crippen LogP contribution in [-0.4, -0.2) is 57.7 Å². The van der Waals surface area contributed by atoms with Crippen LogP contribution in [0.2, 0.25) is 0 Å². The second kappa shape index (κ2) is 6.72. The zero-order chi connectivity index (χ0) is 16.6. The summed E-state index contributed by atoms with van der Waals surface area (Å²) in [6, 6.07) is 11.1. The standard InChI is InChI=1S/C16H17BrO6/c17-10-3-1-9-6-11(4-2-8(9)5-10)22-16-15(21)14(20)13(19)12(7-18)23-16/h1-6,12-16,18-21H,7H2/t12-,13-,14+,15-,16-/m1/s1. The summed E-state index contributed by atoms with van der Waals surface area (Å²) in [6.07, 6.45) is -6.45. The Bertz CT molecular complexity index is 691. The van der Waals surface area contributed by atoms with Crippen molar-refractivity contribution in [3.63, 3.8) is 0 Å². The summed E-state index contributed by atoms with van der Waals surface area (Å²) in [6.45, 7) is -0.490. The third-order valence-corrected chi connectivity index (χ3v) is 4.37. The molecule has 0 aromatic heterocycles. The van der Waals surface area contributed by atoms with Crippen LogP contribution >= 0.6 is 15.9 Å². The Morgan fingerprint density at radius 3 is 2.39 bits per heavy atom. The Morgan fingerprint density at radius 1 is 0.957 bits per heavy atom. The molecule has 1 aliphatic heterocycles. The van der Waals surface area contributed by atoms with Crippen molar-refractivity contribution in [2.45, 2.75) is 30.7 Å². The van der Waals surface area contributed by atoms with Gasteiger partial charge in [0.2, 0.25) is 6.29 Å². The molecule has 4 N–H and O–H groups in total. The van der Waals surface area contributed by atoms with Gasteiger partial charge in [0.15, 0.2) is 0 Å². The van der Waals surface area contributed by atoms with Gasteiger partial charge in [0.1, 0.15) is 30.2 Å². The van der Waals surface area contributed by atoms with Crippen molar-refractivity contribution < 1.29 is 29.9 Å². The Hall–Kier alpha value is -1.22. The third kappa shape index (κ3) is 3.35. The van der Waals surface area contributed by atoms with Crippen LogP contribution in [0.4, 0.5) is 0 Å². The number of aliphatic hydroxyl groups is 4. The molecule has 1 heterocycles. The summed E-state index contributed by atoms with van der Waals surface area (Å²) in [5.74, 6) is 0.448. The van der Waals surface area contributed by atoms with Crippen LogP contribution in [0.1, 0.15) is 0 Å². The first-order chi connectivity index (χ1) is 11.0. The molecule has 0 saturated carbocycles. The maximum absolute atomic E-state index is 9.98. The van der Waals surface area contributed by atoms with E-state index in [1.165, 1.54) is 0 Å². The fourth-order valence-electron chi connectivity index (χ4n) is 2.57. The van der Waals surface area contributed by atoms with Gasteiger partial charge in [-0.05, 0) is 35.0 Å². The van der Waals surface area contributed by atoms with Crippen LogP contribution in [0.3, 0.4) is 0 Å². The van der Waals surface area contributed by atoms with Gasteiger partial charge in [-0.1, -0.05) is 28.1 Å². The molecule has 3 rings (SSSR count). The Balaban J connectivity index is 1.81. The number of ether oxygens (including phenoxy) is 2. The Kier molecular flexibility index (Phi) is 4.86. The zero-order valence-corrected chi connectivity index (χ0v) is 13.6. The monoisotopic (exact) mass is 384 g/mol. The summed E-state index contributed by atoms with van der Waals surface area (Å²) in [5, 5.41) is 40.6. The molecule has 0 spiro atoms. The molecule has 0 amide bonds. The van der Waals surface area contributed by atoms with Gasteiger partial charge in [-0.25, -0.2) is 0 Å². The largest absolute Gasteiger partial charge is 0.462 e. The molecule has 0 aliphatic carbocycles. The van der Waals surface area contributed by atoms with Gasteiger partial charge in [0.05, 0.1) is 6.61 Å². The minimum atomic E-state index is -1.46. The molecule has 1 aliphatic rings. The quantitative estimate of drug-likeness (QED) is 0.624. The first-order valence-corrected chi connectivity index (χ1v) is 7.95. The zero-order valence-electron chi connectivity index (χ0n) is 12.0. The normalized spacial score (nSPS) is 31.3. The third-order valence-electron chi connectivity index (χ3n) is 3.87. The van der Waals surface area contributed by atoms with E-state index in [0.29, 0.717) is 5.75 Å². The summed E-state index contributed by atoms with van der Waals surface area (Å²) in [4.78, 5) is 0. The van der Waals surface area contributed by atoms with Gasteiger partial charge in [-0.3, -0.25) is 0 Å². The van der Waals surface area contributed by atoms with E-state index in [9.17, 15) is 20.4 Å². The fourth-order valence-corrected chi connectivity index (χ4v) is 2.95.